The highest BCUT2D eigenvalue weighted by atomic mass is 16.7. The Morgan fingerprint density at radius 3 is 2.44 bits per heavy atom. The Morgan fingerprint density at radius 2 is 1.72 bits per heavy atom. The lowest BCUT2D eigenvalue weighted by atomic mass is 10.0. The third-order valence-electron chi connectivity index (χ3n) is 6.67. The van der Waals surface area contributed by atoms with Gasteiger partial charge in [0.25, 0.3) is 5.91 Å². The van der Waals surface area contributed by atoms with Crippen LogP contribution in [0.1, 0.15) is 58.4 Å². The van der Waals surface area contributed by atoms with Crippen molar-refractivity contribution in [3.8, 4) is 0 Å². The molecule has 3 fully saturated rings. The number of carbonyl (C=O) groups excluding carboxylic acids is 4. The number of hydroxylamine groups is 2. The SMILES string of the molecule is CC(C)(C)OC(=O)NC1CCC(C(=O)NNC(=O)C2CCC3CN2C(=O)N3OCc2ccccc2)C1. The molecule has 1 aromatic rings. The summed E-state index contributed by atoms with van der Waals surface area (Å²) in [6.07, 6.45) is 2.31. The molecule has 36 heavy (non-hydrogen) atoms. The standard InChI is InChI=1S/C25H35N5O6/c1-25(2,3)36-23(33)26-18-10-9-17(13-18)21(31)27-28-22(32)20-12-11-19-14-29(20)24(34)30(19)35-15-16-7-5-4-6-8-16/h4-8,17-20H,9-15H2,1-3H3,(H,26,33)(H,27,31)(H,28,32). The number of urea groups is 1. The van der Waals surface area contributed by atoms with Gasteiger partial charge in [0.1, 0.15) is 18.2 Å². The lowest BCUT2D eigenvalue weighted by Crippen LogP contribution is -2.54. The number of carbonyl (C=O) groups is 4. The fraction of sp³-hybridized carbons (Fsp3) is 0.600. The first-order valence-corrected chi connectivity index (χ1v) is 12.5. The zero-order valence-corrected chi connectivity index (χ0v) is 21.0. The Labute approximate surface area is 210 Å². The molecule has 1 aliphatic carbocycles. The van der Waals surface area contributed by atoms with E-state index < -0.39 is 23.6 Å². The molecule has 2 saturated heterocycles. The number of hydrazine groups is 1. The fourth-order valence-electron chi connectivity index (χ4n) is 4.92. The molecule has 2 bridgehead atoms. The van der Waals surface area contributed by atoms with Gasteiger partial charge in [-0.3, -0.25) is 25.3 Å². The quantitative estimate of drug-likeness (QED) is 0.513. The Balaban J connectivity index is 1.22. The largest absolute Gasteiger partial charge is 0.444 e. The topological polar surface area (TPSA) is 129 Å². The van der Waals surface area contributed by atoms with Gasteiger partial charge in [-0.15, -0.1) is 0 Å². The maximum Gasteiger partial charge on any atom is 0.407 e. The number of hydrogen-bond donors (Lipinski definition) is 3. The van der Waals surface area contributed by atoms with Crippen LogP contribution in [0, 0.1) is 5.92 Å². The summed E-state index contributed by atoms with van der Waals surface area (Å²) in [4.78, 5) is 57.6. The van der Waals surface area contributed by atoms with Crippen LogP contribution in [0.2, 0.25) is 0 Å². The smallest absolute Gasteiger partial charge is 0.407 e. The average Bonchev–Trinajstić information content (AvgIpc) is 3.38. The number of benzene rings is 1. The van der Waals surface area contributed by atoms with Crippen LogP contribution in [-0.4, -0.2) is 64.2 Å². The van der Waals surface area contributed by atoms with E-state index in [-0.39, 0.29) is 36.5 Å². The summed E-state index contributed by atoms with van der Waals surface area (Å²) in [5.41, 5.74) is 5.35. The van der Waals surface area contributed by atoms with Crippen molar-refractivity contribution in [3.63, 3.8) is 0 Å². The minimum Gasteiger partial charge on any atom is -0.444 e. The van der Waals surface area contributed by atoms with Crippen LogP contribution in [0.3, 0.4) is 0 Å². The number of rotatable bonds is 6. The van der Waals surface area contributed by atoms with Gasteiger partial charge in [0, 0.05) is 18.5 Å². The third kappa shape index (κ3) is 6.26. The molecule has 1 aromatic carbocycles. The molecular formula is C25H35N5O6. The predicted molar refractivity (Wildman–Crippen MR) is 129 cm³/mol. The van der Waals surface area contributed by atoms with Crippen molar-refractivity contribution in [2.45, 2.75) is 83.2 Å². The van der Waals surface area contributed by atoms with Crippen LogP contribution < -0.4 is 16.2 Å². The minimum atomic E-state index is -0.676. The Bertz CT molecular complexity index is 981. The zero-order valence-electron chi connectivity index (χ0n) is 21.0. The fourth-order valence-corrected chi connectivity index (χ4v) is 4.92. The number of nitrogens with zero attached hydrogens (tertiary/aromatic N) is 2. The van der Waals surface area contributed by atoms with E-state index in [0.29, 0.717) is 38.6 Å². The van der Waals surface area contributed by atoms with Crippen LogP contribution in [0.5, 0.6) is 0 Å². The number of alkyl carbamates (subject to hydrolysis) is 1. The molecule has 4 unspecified atom stereocenters. The highest BCUT2D eigenvalue weighted by Crippen LogP contribution is 2.31. The number of ether oxygens (including phenoxy) is 1. The summed E-state index contributed by atoms with van der Waals surface area (Å²) in [5, 5.41) is 4.17. The van der Waals surface area contributed by atoms with Crippen molar-refractivity contribution < 1.29 is 28.8 Å². The van der Waals surface area contributed by atoms with E-state index in [2.05, 4.69) is 16.2 Å². The van der Waals surface area contributed by atoms with E-state index >= 15 is 0 Å². The van der Waals surface area contributed by atoms with Crippen molar-refractivity contribution in [2.24, 2.45) is 5.92 Å². The normalized spacial score (nSPS) is 25.5. The predicted octanol–water partition coefficient (Wildman–Crippen LogP) is 2.23. The van der Waals surface area contributed by atoms with Crippen molar-refractivity contribution >= 4 is 23.9 Å². The van der Waals surface area contributed by atoms with Gasteiger partial charge in [0.05, 0.1) is 6.04 Å². The number of fused-ring (bicyclic) bond motifs is 2. The molecular weight excluding hydrogens is 466 g/mol. The molecule has 0 radical (unpaired) electrons. The monoisotopic (exact) mass is 501 g/mol. The number of hydrogen-bond acceptors (Lipinski definition) is 6. The summed E-state index contributed by atoms with van der Waals surface area (Å²) in [6.45, 7) is 6.04. The molecule has 0 aromatic heterocycles. The maximum atomic E-state index is 12.9. The van der Waals surface area contributed by atoms with Crippen molar-refractivity contribution in [1.29, 1.82) is 0 Å². The molecule has 4 atom stereocenters. The number of piperidine rings is 1. The average molecular weight is 502 g/mol. The molecule has 1 saturated carbocycles. The Kier molecular flexibility index (Phi) is 7.67. The van der Waals surface area contributed by atoms with Crippen molar-refractivity contribution in [2.75, 3.05) is 6.54 Å². The van der Waals surface area contributed by atoms with E-state index in [1.165, 1.54) is 9.96 Å². The molecule has 11 heteroatoms. The second kappa shape index (κ2) is 10.7. The molecule has 0 spiro atoms. The first-order chi connectivity index (χ1) is 17.1. The molecule has 3 aliphatic rings. The van der Waals surface area contributed by atoms with E-state index in [0.717, 1.165) is 5.56 Å². The van der Waals surface area contributed by atoms with Gasteiger partial charge >= 0.3 is 12.1 Å². The van der Waals surface area contributed by atoms with Gasteiger partial charge in [-0.2, -0.15) is 5.06 Å². The minimum absolute atomic E-state index is 0.104. The second-order valence-electron chi connectivity index (χ2n) is 10.6. The first kappa shape index (κ1) is 25.7. The second-order valence-corrected chi connectivity index (χ2v) is 10.6. The number of amides is 5. The summed E-state index contributed by atoms with van der Waals surface area (Å²) < 4.78 is 5.27. The third-order valence-corrected chi connectivity index (χ3v) is 6.67. The van der Waals surface area contributed by atoms with Crippen LogP contribution in [0.15, 0.2) is 30.3 Å². The molecule has 3 N–H and O–H groups in total. The van der Waals surface area contributed by atoms with Crippen molar-refractivity contribution in [1.82, 2.24) is 26.1 Å². The van der Waals surface area contributed by atoms with Crippen LogP contribution in [-0.2, 0) is 25.8 Å². The van der Waals surface area contributed by atoms with Crippen LogP contribution in [0.25, 0.3) is 0 Å². The first-order valence-electron chi connectivity index (χ1n) is 12.5. The molecule has 11 nitrogen and oxygen atoms in total. The Morgan fingerprint density at radius 1 is 1.00 bits per heavy atom. The van der Waals surface area contributed by atoms with Gasteiger partial charge in [-0.05, 0) is 58.4 Å². The zero-order chi connectivity index (χ0) is 25.9. The van der Waals surface area contributed by atoms with Gasteiger partial charge in [0.2, 0.25) is 5.91 Å². The highest BCUT2D eigenvalue weighted by molar-refractivity contribution is 5.90. The lowest BCUT2D eigenvalue weighted by molar-refractivity contribution is -0.140. The number of nitrogens with one attached hydrogen (secondary N) is 3. The van der Waals surface area contributed by atoms with Crippen molar-refractivity contribution in [3.05, 3.63) is 35.9 Å². The molecule has 2 heterocycles. The summed E-state index contributed by atoms with van der Waals surface area (Å²) in [6, 6.07) is 8.29. The molecule has 196 valence electrons. The van der Waals surface area contributed by atoms with Crippen LogP contribution >= 0.6 is 0 Å². The maximum absolute atomic E-state index is 12.9. The molecule has 5 amide bonds. The Hall–Kier alpha value is -3.34. The van der Waals surface area contributed by atoms with E-state index in [1.54, 1.807) is 20.8 Å². The molecule has 2 aliphatic heterocycles. The van der Waals surface area contributed by atoms with Gasteiger partial charge in [0.15, 0.2) is 0 Å². The lowest BCUT2D eigenvalue weighted by Gasteiger charge is -2.29. The van der Waals surface area contributed by atoms with E-state index in [9.17, 15) is 19.2 Å². The van der Waals surface area contributed by atoms with E-state index in [4.69, 9.17) is 9.57 Å². The molecule has 4 rings (SSSR count). The summed E-state index contributed by atoms with van der Waals surface area (Å²) in [5.74, 6) is -1.08. The van der Waals surface area contributed by atoms with Gasteiger partial charge in [-0.25, -0.2) is 9.59 Å². The van der Waals surface area contributed by atoms with Crippen LogP contribution in [0.4, 0.5) is 9.59 Å². The highest BCUT2D eigenvalue weighted by Gasteiger charge is 2.48. The van der Waals surface area contributed by atoms with E-state index in [1.807, 2.05) is 30.3 Å². The summed E-state index contributed by atoms with van der Waals surface area (Å²) >= 11 is 0. The van der Waals surface area contributed by atoms with Gasteiger partial charge < -0.3 is 15.0 Å². The summed E-state index contributed by atoms with van der Waals surface area (Å²) in [7, 11) is 0. The van der Waals surface area contributed by atoms with Gasteiger partial charge in [-0.1, -0.05) is 30.3 Å².